The number of nitrogens with zero attached hydrogens (tertiary/aromatic N) is 1. The monoisotopic (exact) mass is 300 g/mol. The molecule has 0 bridgehead atoms. The summed E-state index contributed by atoms with van der Waals surface area (Å²) in [5.74, 6) is 0. The lowest BCUT2D eigenvalue weighted by Gasteiger charge is -2.29. The van der Waals surface area contributed by atoms with E-state index in [9.17, 15) is 8.42 Å². The van der Waals surface area contributed by atoms with E-state index in [2.05, 4.69) is 5.32 Å². The zero-order valence-corrected chi connectivity index (χ0v) is 12.5. The Labute approximate surface area is 118 Å². The number of hydrogen-bond donors (Lipinski definition) is 1. The molecule has 1 unspecified atom stereocenters. The molecule has 0 aromatic carbocycles. The van der Waals surface area contributed by atoms with E-state index in [0.29, 0.717) is 13.1 Å². The number of nitrogens with one attached hydrogen (secondary N) is 1. The minimum atomic E-state index is -3.16. The van der Waals surface area contributed by atoms with Crippen molar-refractivity contribution in [3.05, 3.63) is 22.4 Å². The number of rotatable bonds is 5. The van der Waals surface area contributed by atoms with Crippen LogP contribution in [-0.2, 0) is 16.6 Å². The largest absolute Gasteiger partial charge is 0.315 e. The highest BCUT2D eigenvalue weighted by Crippen LogP contribution is 2.33. The van der Waals surface area contributed by atoms with Gasteiger partial charge >= 0.3 is 0 Å². The second-order valence-corrected chi connectivity index (χ2v) is 8.57. The van der Waals surface area contributed by atoms with Gasteiger partial charge in [0.1, 0.15) is 0 Å². The fourth-order valence-electron chi connectivity index (χ4n) is 2.61. The molecule has 2 fully saturated rings. The van der Waals surface area contributed by atoms with E-state index in [4.69, 9.17) is 0 Å². The molecule has 1 aromatic heterocycles. The topological polar surface area (TPSA) is 49.4 Å². The lowest BCUT2D eigenvalue weighted by Crippen LogP contribution is -2.46. The first-order valence-corrected chi connectivity index (χ1v) is 9.30. The molecule has 1 saturated carbocycles. The van der Waals surface area contributed by atoms with E-state index < -0.39 is 10.0 Å². The molecule has 0 amide bonds. The molecule has 1 aromatic rings. The van der Waals surface area contributed by atoms with Gasteiger partial charge in [0.25, 0.3) is 0 Å². The molecule has 19 heavy (non-hydrogen) atoms. The lowest BCUT2D eigenvalue weighted by atomic mass is 10.2. The van der Waals surface area contributed by atoms with Crippen molar-refractivity contribution in [2.75, 3.05) is 13.1 Å². The predicted octanol–water partition coefficient (Wildman–Crippen LogP) is 1.79. The maximum absolute atomic E-state index is 12.8. The summed E-state index contributed by atoms with van der Waals surface area (Å²) in [6.07, 6.45) is 3.79. The minimum Gasteiger partial charge on any atom is -0.315 e. The van der Waals surface area contributed by atoms with Crippen LogP contribution in [0.25, 0.3) is 0 Å². The summed E-state index contributed by atoms with van der Waals surface area (Å²) in [6, 6.07) is 4.25. The fraction of sp³-hybridized carbons (Fsp3) is 0.692. The normalized spacial score (nSPS) is 24.8. The second kappa shape index (κ2) is 5.52. The molecule has 1 saturated heterocycles. The number of hydrogen-bond acceptors (Lipinski definition) is 4. The van der Waals surface area contributed by atoms with Crippen molar-refractivity contribution < 1.29 is 8.42 Å². The number of sulfonamides is 1. The molecule has 4 nitrogen and oxygen atoms in total. The summed E-state index contributed by atoms with van der Waals surface area (Å²) in [5, 5.41) is 4.99. The maximum Gasteiger partial charge on any atom is 0.218 e. The molecule has 0 spiro atoms. The summed E-state index contributed by atoms with van der Waals surface area (Å²) < 4.78 is 27.3. The first-order valence-electron chi connectivity index (χ1n) is 6.91. The Balaban J connectivity index is 1.78. The van der Waals surface area contributed by atoms with Crippen LogP contribution >= 0.6 is 11.3 Å². The van der Waals surface area contributed by atoms with E-state index in [1.54, 1.807) is 15.6 Å². The van der Waals surface area contributed by atoms with E-state index >= 15 is 0 Å². The van der Waals surface area contributed by atoms with Crippen LogP contribution in [0.3, 0.4) is 0 Å². The quantitative estimate of drug-likeness (QED) is 0.902. The van der Waals surface area contributed by atoms with Gasteiger partial charge in [0.15, 0.2) is 0 Å². The van der Waals surface area contributed by atoms with Crippen LogP contribution in [0.5, 0.6) is 0 Å². The van der Waals surface area contributed by atoms with Gasteiger partial charge in [-0.2, -0.15) is 4.31 Å². The molecule has 2 heterocycles. The smallest absolute Gasteiger partial charge is 0.218 e. The van der Waals surface area contributed by atoms with Gasteiger partial charge in [-0.05, 0) is 43.7 Å². The van der Waals surface area contributed by atoms with E-state index in [-0.39, 0.29) is 11.3 Å². The van der Waals surface area contributed by atoms with E-state index in [1.807, 2.05) is 17.5 Å². The van der Waals surface area contributed by atoms with Crippen LogP contribution < -0.4 is 5.32 Å². The third-order valence-electron chi connectivity index (χ3n) is 3.85. The van der Waals surface area contributed by atoms with Gasteiger partial charge in [-0.15, -0.1) is 11.3 Å². The predicted molar refractivity (Wildman–Crippen MR) is 77.7 cm³/mol. The van der Waals surface area contributed by atoms with Crippen LogP contribution in [0.1, 0.15) is 30.6 Å². The summed E-state index contributed by atoms with van der Waals surface area (Å²) >= 11 is 1.64. The van der Waals surface area contributed by atoms with E-state index in [1.165, 1.54) is 0 Å². The summed E-state index contributed by atoms with van der Waals surface area (Å²) in [7, 11) is -3.16. The van der Waals surface area contributed by atoms with Gasteiger partial charge < -0.3 is 5.32 Å². The third-order valence-corrected chi connectivity index (χ3v) is 7.03. The number of piperidine rings is 1. The molecule has 3 rings (SSSR count). The van der Waals surface area contributed by atoms with Gasteiger partial charge in [-0.1, -0.05) is 6.07 Å². The molecule has 1 atom stereocenters. The molecule has 0 radical (unpaired) electrons. The molecular formula is C13H20N2O2S2. The lowest BCUT2D eigenvalue weighted by molar-refractivity contribution is 0.381. The fourth-order valence-corrected chi connectivity index (χ4v) is 5.52. The van der Waals surface area contributed by atoms with Gasteiger partial charge in [-0.3, -0.25) is 0 Å². The van der Waals surface area contributed by atoms with Crippen molar-refractivity contribution in [2.24, 2.45) is 0 Å². The zero-order chi connectivity index (χ0) is 13.3. The Hall–Kier alpha value is -0.430. The second-order valence-electron chi connectivity index (χ2n) is 5.37. The Morgan fingerprint density at radius 3 is 2.79 bits per heavy atom. The Kier molecular flexibility index (Phi) is 3.93. The van der Waals surface area contributed by atoms with Crippen LogP contribution in [0.15, 0.2) is 17.5 Å². The highest BCUT2D eigenvalue weighted by Gasteiger charge is 2.41. The molecular weight excluding hydrogens is 280 g/mol. The minimum absolute atomic E-state index is 0.234. The van der Waals surface area contributed by atoms with Crippen molar-refractivity contribution in [3.63, 3.8) is 0 Å². The Bertz CT molecular complexity index is 503. The highest BCUT2D eigenvalue weighted by atomic mass is 32.2. The first-order chi connectivity index (χ1) is 9.18. The molecule has 106 valence electrons. The highest BCUT2D eigenvalue weighted by molar-refractivity contribution is 7.89. The van der Waals surface area contributed by atoms with Crippen molar-refractivity contribution in [1.82, 2.24) is 9.62 Å². The number of thiophene rings is 1. The summed E-state index contributed by atoms with van der Waals surface area (Å²) in [4.78, 5) is 1.14. The summed E-state index contributed by atoms with van der Waals surface area (Å²) in [5.41, 5.74) is 0. The molecule has 1 aliphatic carbocycles. The van der Waals surface area contributed by atoms with Gasteiger partial charge in [0.2, 0.25) is 10.0 Å². The molecule has 1 aliphatic heterocycles. The van der Waals surface area contributed by atoms with E-state index in [0.717, 1.165) is 37.1 Å². The third kappa shape index (κ3) is 3.02. The van der Waals surface area contributed by atoms with Crippen molar-refractivity contribution in [1.29, 1.82) is 0 Å². The van der Waals surface area contributed by atoms with Crippen LogP contribution in [-0.4, -0.2) is 37.1 Å². The van der Waals surface area contributed by atoms with Crippen LogP contribution in [0.4, 0.5) is 0 Å². The molecule has 2 aliphatic rings. The van der Waals surface area contributed by atoms with Crippen LogP contribution in [0, 0.1) is 0 Å². The average Bonchev–Trinajstić information content (AvgIpc) is 3.13. The van der Waals surface area contributed by atoms with Crippen molar-refractivity contribution in [2.45, 2.75) is 43.5 Å². The van der Waals surface area contributed by atoms with Crippen LogP contribution in [0.2, 0.25) is 0 Å². The first kappa shape index (κ1) is 13.5. The molecule has 6 heteroatoms. The summed E-state index contributed by atoms with van der Waals surface area (Å²) in [6.45, 7) is 2.11. The van der Waals surface area contributed by atoms with Gasteiger partial charge in [0.05, 0.1) is 5.25 Å². The van der Waals surface area contributed by atoms with Gasteiger partial charge in [0, 0.05) is 24.0 Å². The Morgan fingerprint density at radius 1 is 1.37 bits per heavy atom. The van der Waals surface area contributed by atoms with Crippen molar-refractivity contribution >= 4 is 21.4 Å². The SMILES string of the molecule is O=S(=O)(C1CCCNC1)N(Cc1cccs1)C1CC1. The Morgan fingerprint density at radius 2 is 2.21 bits per heavy atom. The van der Waals surface area contributed by atoms with Crippen molar-refractivity contribution in [3.8, 4) is 0 Å². The maximum atomic E-state index is 12.8. The molecule has 1 N–H and O–H groups in total. The average molecular weight is 300 g/mol. The standard InChI is InChI=1S/C13H20N2O2S2/c16-19(17,13-4-1-7-14-9-13)15(11-5-6-11)10-12-3-2-8-18-12/h2-3,8,11,13-14H,1,4-7,9-10H2. The van der Waals surface area contributed by atoms with Gasteiger partial charge in [-0.25, -0.2) is 8.42 Å². The zero-order valence-electron chi connectivity index (χ0n) is 10.9.